The third kappa shape index (κ3) is 2.20. The number of anilines is 2. The summed E-state index contributed by atoms with van der Waals surface area (Å²) in [5, 5.41) is 2.98. The van der Waals surface area contributed by atoms with Gasteiger partial charge in [-0.15, -0.1) is 0 Å². The van der Waals surface area contributed by atoms with Gasteiger partial charge in [0, 0.05) is 18.1 Å². The highest BCUT2D eigenvalue weighted by Crippen LogP contribution is 2.55. The number of carbonyl (C=O) groups is 1. The van der Waals surface area contributed by atoms with Crippen molar-refractivity contribution in [3.8, 4) is 11.5 Å². The van der Waals surface area contributed by atoms with Gasteiger partial charge in [0.25, 0.3) is 0 Å². The summed E-state index contributed by atoms with van der Waals surface area (Å²) < 4.78 is 11.0. The molecule has 1 aromatic carbocycles. The second-order valence-electron chi connectivity index (χ2n) is 6.21. The monoisotopic (exact) mass is 288 g/mol. The van der Waals surface area contributed by atoms with Gasteiger partial charge in [-0.3, -0.25) is 4.79 Å². The Morgan fingerprint density at radius 3 is 2.38 bits per heavy atom. The van der Waals surface area contributed by atoms with Crippen LogP contribution < -0.4 is 20.5 Å². The van der Waals surface area contributed by atoms with E-state index in [2.05, 4.69) is 5.32 Å². The predicted octanol–water partition coefficient (Wildman–Crippen LogP) is 2.41. The molecule has 1 amide bonds. The second-order valence-corrected chi connectivity index (χ2v) is 6.21. The maximum atomic E-state index is 12.4. The maximum absolute atomic E-state index is 12.4. The van der Waals surface area contributed by atoms with Crippen molar-refractivity contribution in [2.24, 2.45) is 17.8 Å². The minimum Gasteiger partial charge on any atom is -0.486 e. The first-order valence-electron chi connectivity index (χ1n) is 7.74. The lowest BCUT2D eigenvalue weighted by molar-refractivity contribution is -0.117. The van der Waals surface area contributed by atoms with Gasteiger partial charge < -0.3 is 20.5 Å². The summed E-state index contributed by atoms with van der Waals surface area (Å²) in [5.41, 5.74) is 7.17. The first-order valence-corrected chi connectivity index (χ1v) is 7.74. The molecule has 4 rings (SSSR count). The zero-order chi connectivity index (χ0) is 14.4. The van der Waals surface area contributed by atoms with E-state index in [1.54, 1.807) is 12.1 Å². The van der Waals surface area contributed by atoms with E-state index in [-0.39, 0.29) is 11.8 Å². The van der Waals surface area contributed by atoms with Crippen LogP contribution >= 0.6 is 0 Å². The van der Waals surface area contributed by atoms with Crippen LogP contribution in [-0.4, -0.2) is 19.1 Å². The molecule has 0 saturated heterocycles. The number of nitrogens with one attached hydrogen (secondary N) is 1. The van der Waals surface area contributed by atoms with Crippen molar-refractivity contribution in [3.05, 3.63) is 12.1 Å². The van der Waals surface area contributed by atoms with Crippen LogP contribution in [-0.2, 0) is 4.79 Å². The molecule has 0 spiro atoms. The van der Waals surface area contributed by atoms with Gasteiger partial charge in [-0.25, -0.2) is 0 Å². The average Bonchev–Trinajstić information content (AvgIpc) is 3.22. The molecule has 1 heterocycles. The largest absolute Gasteiger partial charge is 0.486 e. The molecule has 112 valence electrons. The number of nitrogen functional groups attached to an aromatic ring is 1. The molecule has 3 aliphatic rings. The summed E-state index contributed by atoms with van der Waals surface area (Å²) in [4.78, 5) is 12.4. The zero-order valence-electron chi connectivity index (χ0n) is 11.9. The number of amides is 1. The van der Waals surface area contributed by atoms with E-state index in [9.17, 15) is 4.79 Å². The quantitative estimate of drug-likeness (QED) is 0.820. The molecule has 3 N–H and O–H groups in total. The van der Waals surface area contributed by atoms with Crippen molar-refractivity contribution in [1.82, 2.24) is 0 Å². The zero-order valence-corrected chi connectivity index (χ0v) is 11.9. The van der Waals surface area contributed by atoms with Crippen molar-refractivity contribution >= 4 is 17.3 Å². The molecule has 2 atom stereocenters. The summed E-state index contributed by atoms with van der Waals surface area (Å²) in [7, 11) is 0. The van der Waals surface area contributed by atoms with Gasteiger partial charge in [0.2, 0.25) is 5.91 Å². The van der Waals surface area contributed by atoms with Gasteiger partial charge in [-0.05, 0) is 24.7 Å². The van der Waals surface area contributed by atoms with Gasteiger partial charge in [-0.1, -0.05) is 12.8 Å². The van der Waals surface area contributed by atoms with Crippen LogP contribution in [0.1, 0.15) is 25.7 Å². The first-order chi connectivity index (χ1) is 10.2. The fourth-order valence-electron chi connectivity index (χ4n) is 3.81. The molecule has 5 nitrogen and oxygen atoms in total. The molecule has 2 fully saturated rings. The van der Waals surface area contributed by atoms with Crippen LogP contribution in [0, 0.1) is 17.8 Å². The molecule has 2 aliphatic carbocycles. The normalized spacial score (nSPS) is 29.4. The molecule has 21 heavy (non-hydrogen) atoms. The molecule has 2 saturated carbocycles. The summed E-state index contributed by atoms with van der Waals surface area (Å²) >= 11 is 0. The molecule has 0 radical (unpaired) electrons. The fraction of sp³-hybridized carbons (Fsp3) is 0.562. The number of hydrogen-bond acceptors (Lipinski definition) is 4. The van der Waals surface area contributed by atoms with Crippen LogP contribution in [0.5, 0.6) is 11.5 Å². The van der Waals surface area contributed by atoms with Crippen LogP contribution in [0.25, 0.3) is 0 Å². The minimum absolute atomic E-state index is 0.107. The first kappa shape index (κ1) is 12.8. The second kappa shape index (κ2) is 4.83. The number of hydrogen-bond donors (Lipinski definition) is 2. The molecule has 0 aromatic heterocycles. The smallest absolute Gasteiger partial charge is 0.228 e. The summed E-state index contributed by atoms with van der Waals surface area (Å²) in [5.74, 6) is 2.78. The maximum Gasteiger partial charge on any atom is 0.228 e. The highest BCUT2D eigenvalue weighted by Gasteiger charge is 2.54. The highest BCUT2D eigenvalue weighted by atomic mass is 16.6. The van der Waals surface area contributed by atoms with Crippen molar-refractivity contribution in [3.63, 3.8) is 0 Å². The number of rotatable bonds is 2. The van der Waals surface area contributed by atoms with Crippen LogP contribution in [0.15, 0.2) is 12.1 Å². The molecule has 2 unspecified atom stereocenters. The molecular formula is C16H20N2O3. The lowest BCUT2D eigenvalue weighted by Crippen LogP contribution is -2.19. The van der Waals surface area contributed by atoms with Gasteiger partial charge in [0.05, 0.1) is 11.4 Å². The predicted molar refractivity (Wildman–Crippen MR) is 79.4 cm³/mol. The van der Waals surface area contributed by atoms with Crippen LogP contribution in [0.3, 0.4) is 0 Å². The Balaban J connectivity index is 1.50. The minimum atomic E-state index is 0.107. The van der Waals surface area contributed by atoms with E-state index in [4.69, 9.17) is 15.2 Å². The van der Waals surface area contributed by atoms with Crippen LogP contribution in [0.4, 0.5) is 11.4 Å². The third-order valence-electron chi connectivity index (χ3n) is 4.93. The Bertz CT molecular complexity index is 575. The van der Waals surface area contributed by atoms with E-state index >= 15 is 0 Å². The van der Waals surface area contributed by atoms with Crippen molar-refractivity contribution < 1.29 is 14.3 Å². The summed E-state index contributed by atoms with van der Waals surface area (Å²) in [6, 6.07) is 3.50. The molecule has 0 bridgehead atoms. The van der Waals surface area contributed by atoms with Crippen molar-refractivity contribution in [1.29, 1.82) is 0 Å². The Morgan fingerprint density at radius 1 is 1.10 bits per heavy atom. The lowest BCUT2D eigenvalue weighted by atomic mass is 10.0. The Labute approximate surface area is 123 Å². The van der Waals surface area contributed by atoms with Gasteiger partial charge in [0.15, 0.2) is 11.5 Å². The standard InChI is InChI=1S/C16H20N2O3/c17-11-7-13-14(21-6-5-20-13)8-12(11)18-16(19)15-9-3-1-2-4-10(9)15/h7-10,15H,1-6,17H2,(H,18,19). The number of nitrogens with two attached hydrogens (primary N) is 1. The Hall–Kier alpha value is -1.91. The fourth-order valence-corrected chi connectivity index (χ4v) is 3.81. The Kier molecular flexibility index (Phi) is 2.94. The van der Waals surface area contributed by atoms with Crippen LogP contribution in [0.2, 0.25) is 0 Å². The van der Waals surface area contributed by atoms with Gasteiger partial charge >= 0.3 is 0 Å². The lowest BCUT2D eigenvalue weighted by Gasteiger charge is -2.20. The van der Waals surface area contributed by atoms with Crippen molar-refractivity contribution in [2.45, 2.75) is 25.7 Å². The summed E-state index contributed by atoms with van der Waals surface area (Å²) in [6.07, 6.45) is 4.91. The highest BCUT2D eigenvalue weighted by molar-refractivity contribution is 5.98. The topological polar surface area (TPSA) is 73.6 Å². The van der Waals surface area contributed by atoms with Crippen molar-refractivity contribution in [2.75, 3.05) is 24.3 Å². The molecule has 1 aromatic rings. The van der Waals surface area contributed by atoms with E-state index in [0.717, 1.165) is 0 Å². The van der Waals surface area contributed by atoms with E-state index in [1.165, 1.54) is 25.7 Å². The third-order valence-corrected chi connectivity index (χ3v) is 4.93. The number of benzene rings is 1. The Morgan fingerprint density at radius 2 is 1.71 bits per heavy atom. The average molecular weight is 288 g/mol. The number of ether oxygens (including phenoxy) is 2. The molecular weight excluding hydrogens is 268 g/mol. The number of fused-ring (bicyclic) bond motifs is 2. The molecule has 1 aliphatic heterocycles. The van der Waals surface area contributed by atoms with E-state index in [0.29, 0.717) is 47.9 Å². The van der Waals surface area contributed by atoms with E-state index in [1.807, 2.05) is 0 Å². The van der Waals surface area contributed by atoms with Gasteiger partial charge in [-0.2, -0.15) is 0 Å². The SMILES string of the molecule is Nc1cc2c(cc1NC(=O)C1C3CCCCC31)OCCO2. The van der Waals surface area contributed by atoms with E-state index < -0.39 is 0 Å². The number of carbonyl (C=O) groups excluding carboxylic acids is 1. The van der Waals surface area contributed by atoms with Gasteiger partial charge in [0.1, 0.15) is 13.2 Å². The summed E-state index contributed by atoms with van der Waals surface area (Å²) in [6.45, 7) is 1.06. The molecule has 5 heteroatoms.